The van der Waals surface area contributed by atoms with Crippen molar-refractivity contribution in [1.82, 2.24) is 15.2 Å². The third kappa shape index (κ3) is 3.04. The molecule has 0 spiro atoms. The normalized spacial score (nSPS) is 23.4. The minimum atomic E-state index is 0.471. The van der Waals surface area contributed by atoms with E-state index in [9.17, 15) is 0 Å². The van der Waals surface area contributed by atoms with Gasteiger partial charge < -0.3 is 5.32 Å². The Bertz CT molecular complexity index is 682. The van der Waals surface area contributed by atoms with E-state index in [1.165, 1.54) is 41.6 Å². The van der Waals surface area contributed by atoms with Gasteiger partial charge in [-0.05, 0) is 55.5 Å². The zero-order valence-corrected chi connectivity index (χ0v) is 13.8. The van der Waals surface area contributed by atoms with Crippen LogP contribution in [0.2, 0.25) is 0 Å². The molecule has 2 atom stereocenters. The van der Waals surface area contributed by atoms with Crippen LogP contribution in [0.5, 0.6) is 0 Å². The van der Waals surface area contributed by atoms with E-state index in [1.54, 1.807) is 0 Å². The van der Waals surface area contributed by atoms with Crippen LogP contribution in [0.4, 0.5) is 0 Å². The Kier molecular flexibility index (Phi) is 4.15. The number of pyridine rings is 1. The Balaban J connectivity index is 1.46. The van der Waals surface area contributed by atoms with Crippen LogP contribution in [0.15, 0.2) is 42.6 Å². The number of aromatic nitrogens is 1. The predicted octanol–water partition coefficient (Wildman–Crippen LogP) is 3.11. The van der Waals surface area contributed by atoms with Crippen LogP contribution in [0, 0.1) is 0 Å². The van der Waals surface area contributed by atoms with Crippen molar-refractivity contribution in [3.05, 3.63) is 65.0 Å². The Labute approximate surface area is 138 Å². The molecule has 0 radical (unpaired) electrons. The lowest BCUT2D eigenvalue weighted by Gasteiger charge is -2.36. The highest BCUT2D eigenvalue weighted by Gasteiger charge is 2.27. The number of fused-ring (bicyclic) bond motifs is 2. The van der Waals surface area contributed by atoms with Crippen molar-refractivity contribution >= 4 is 0 Å². The zero-order chi connectivity index (χ0) is 15.6. The molecule has 23 heavy (non-hydrogen) atoms. The molecule has 1 aliphatic carbocycles. The lowest BCUT2D eigenvalue weighted by molar-refractivity contribution is 0.191. The van der Waals surface area contributed by atoms with Gasteiger partial charge in [0.1, 0.15) is 0 Å². The molecule has 1 aliphatic heterocycles. The number of aryl methyl sites for hydroxylation is 1. The molecule has 1 aromatic carbocycles. The lowest BCUT2D eigenvalue weighted by atomic mass is 9.90. The van der Waals surface area contributed by atoms with E-state index in [1.807, 2.05) is 6.20 Å². The molecule has 1 aromatic heterocycles. The first-order chi connectivity index (χ1) is 11.3. The lowest BCUT2D eigenvalue weighted by Crippen LogP contribution is -2.45. The molecule has 0 fully saturated rings. The second kappa shape index (κ2) is 6.42. The summed E-state index contributed by atoms with van der Waals surface area (Å²) in [4.78, 5) is 7.20. The van der Waals surface area contributed by atoms with E-state index in [2.05, 4.69) is 58.6 Å². The summed E-state index contributed by atoms with van der Waals surface area (Å²) in [6, 6.07) is 14.1. The van der Waals surface area contributed by atoms with Gasteiger partial charge in [-0.1, -0.05) is 30.3 Å². The van der Waals surface area contributed by atoms with Crippen molar-refractivity contribution in [2.45, 2.75) is 44.3 Å². The van der Waals surface area contributed by atoms with Gasteiger partial charge in [0.15, 0.2) is 0 Å². The van der Waals surface area contributed by atoms with Crippen LogP contribution in [-0.4, -0.2) is 29.5 Å². The van der Waals surface area contributed by atoms with Crippen molar-refractivity contribution in [2.24, 2.45) is 0 Å². The van der Waals surface area contributed by atoms with Gasteiger partial charge >= 0.3 is 0 Å². The van der Waals surface area contributed by atoms with Gasteiger partial charge in [-0.25, -0.2) is 0 Å². The van der Waals surface area contributed by atoms with Crippen molar-refractivity contribution < 1.29 is 0 Å². The van der Waals surface area contributed by atoms with Gasteiger partial charge in [-0.2, -0.15) is 0 Å². The van der Waals surface area contributed by atoms with Crippen LogP contribution < -0.4 is 5.32 Å². The molecular formula is C20H25N3. The van der Waals surface area contributed by atoms with E-state index in [0.29, 0.717) is 12.1 Å². The summed E-state index contributed by atoms with van der Waals surface area (Å²) in [7, 11) is 2.26. The van der Waals surface area contributed by atoms with Crippen molar-refractivity contribution in [3.8, 4) is 0 Å². The molecule has 0 amide bonds. The molecule has 0 saturated carbocycles. The third-order valence-corrected chi connectivity index (χ3v) is 5.37. The summed E-state index contributed by atoms with van der Waals surface area (Å²) >= 11 is 0. The molecule has 2 heterocycles. The standard InChI is InChI=1S/C20H25N3/c1-23(19-10-4-8-15-9-5-11-21-20(15)19)14-18-12-16-6-2-3-7-17(16)13-22-18/h2-3,5-7,9,11,18-19,22H,4,8,10,12-14H2,1H3/t18-,19+/m1/s1. The summed E-state index contributed by atoms with van der Waals surface area (Å²) in [6.07, 6.45) is 6.75. The first kappa shape index (κ1) is 14.9. The van der Waals surface area contributed by atoms with Gasteiger partial charge in [0.25, 0.3) is 0 Å². The first-order valence-corrected chi connectivity index (χ1v) is 8.75. The second-order valence-electron chi connectivity index (χ2n) is 6.95. The molecule has 3 heteroatoms. The van der Waals surface area contributed by atoms with Gasteiger partial charge in [0.2, 0.25) is 0 Å². The fourth-order valence-corrected chi connectivity index (χ4v) is 4.14. The first-order valence-electron chi connectivity index (χ1n) is 8.75. The van der Waals surface area contributed by atoms with Gasteiger partial charge in [-0.15, -0.1) is 0 Å². The molecule has 120 valence electrons. The molecule has 1 N–H and O–H groups in total. The summed E-state index contributed by atoms with van der Waals surface area (Å²) in [5.74, 6) is 0. The van der Waals surface area contributed by atoms with Crippen LogP contribution >= 0.6 is 0 Å². The van der Waals surface area contributed by atoms with E-state index in [-0.39, 0.29) is 0 Å². The van der Waals surface area contributed by atoms with Crippen molar-refractivity contribution in [1.29, 1.82) is 0 Å². The Hall–Kier alpha value is -1.71. The van der Waals surface area contributed by atoms with E-state index in [4.69, 9.17) is 0 Å². The molecule has 0 bridgehead atoms. The maximum atomic E-state index is 4.69. The summed E-state index contributed by atoms with van der Waals surface area (Å²) < 4.78 is 0. The Morgan fingerprint density at radius 1 is 1.13 bits per heavy atom. The predicted molar refractivity (Wildman–Crippen MR) is 93.3 cm³/mol. The monoisotopic (exact) mass is 307 g/mol. The molecule has 0 saturated heterocycles. The quantitative estimate of drug-likeness (QED) is 0.944. The third-order valence-electron chi connectivity index (χ3n) is 5.37. The number of nitrogens with zero attached hydrogens (tertiary/aromatic N) is 2. The topological polar surface area (TPSA) is 28.2 Å². The van der Waals surface area contributed by atoms with E-state index >= 15 is 0 Å². The summed E-state index contributed by atoms with van der Waals surface area (Å²) in [5.41, 5.74) is 5.71. The second-order valence-corrected chi connectivity index (χ2v) is 6.95. The number of benzene rings is 1. The average molecular weight is 307 g/mol. The number of hydrogen-bond acceptors (Lipinski definition) is 3. The number of hydrogen-bond donors (Lipinski definition) is 1. The smallest absolute Gasteiger partial charge is 0.0607 e. The maximum Gasteiger partial charge on any atom is 0.0607 e. The fourth-order valence-electron chi connectivity index (χ4n) is 4.14. The Morgan fingerprint density at radius 3 is 2.87 bits per heavy atom. The van der Waals surface area contributed by atoms with Crippen LogP contribution in [0.25, 0.3) is 0 Å². The highest BCUT2D eigenvalue weighted by Crippen LogP contribution is 2.32. The molecule has 4 rings (SSSR count). The minimum Gasteiger partial charge on any atom is -0.308 e. The van der Waals surface area contributed by atoms with Crippen LogP contribution in [0.1, 0.15) is 41.3 Å². The molecular weight excluding hydrogens is 282 g/mol. The largest absolute Gasteiger partial charge is 0.308 e. The van der Waals surface area contributed by atoms with E-state index in [0.717, 1.165) is 19.5 Å². The SMILES string of the molecule is CN(C[C@H]1Cc2ccccc2CN1)[C@H]1CCCc2cccnc21. The Morgan fingerprint density at radius 2 is 1.96 bits per heavy atom. The van der Waals surface area contributed by atoms with Gasteiger partial charge in [-0.3, -0.25) is 9.88 Å². The fraction of sp³-hybridized carbons (Fsp3) is 0.450. The highest BCUT2D eigenvalue weighted by atomic mass is 15.2. The maximum absolute atomic E-state index is 4.69. The van der Waals surface area contributed by atoms with Gasteiger partial charge in [0, 0.05) is 25.3 Å². The number of nitrogens with one attached hydrogen (secondary N) is 1. The van der Waals surface area contributed by atoms with Crippen LogP contribution in [-0.2, 0) is 19.4 Å². The summed E-state index contributed by atoms with van der Waals surface area (Å²) in [6.45, 7) is 2.07. The molecule has 2 aromatic rings. The highest BCUT2D eigenvalue weighted by molar-refractivity contribution is 5.30. The van der Waals surface area contributed by atoms with E-state index < -0.39 is 0 Å². The van der Waals surface area contributed by atoms with Gasteiger partial charge in [0.05, 0.1) is 11.7 Å². The zero-order valence-electron chi connectivity index (χ0n) is 13.8. The summed E-state index contributed by atoms with van der Waals surface area (Å²) in [5, 5.41) is 3.71. The molecule has 3 nitrogen and oxygen atoms in total. The molecule has 0 unspecified atom stereocenters. The van der Waals surface area contributed by atoms with Crippen molar-refractivity contribution in [3.63, 3.8) is 0 Å². The number of likely N-dealkylation sites (N-methyl/N-ethyl adjacent to an activating group) is 1. The molecule has 2 aliphatic rings. The minimum absolute atomic E-state index is 0.471. The van der Waals surface area contributed by atoms with Crippen molar-refractivity contribution in [2.75, 3.05) is 13.6 Å². The number of rotatable bonds is 3. The average Bonchev–Trinajstić information content (AvgIpc) is 2.61. The van der Waals surface area contributed by atoms with Crippen LogP contribution in [0.3, 0.4) is 0 Å².